The van der Waals surface area contributed by atoms with Crippen LogP contribution in [0.25, 0.3) is 0 Å². The fourth-order valence-corrected chi connectivity index (χ4v) is 4.43. The molecule has 34 heavy (non-hydrogen) atoms. The van der Waals surface area contributed by atoms with Crippen LogP contribution in [0, 0.1) is 13.8 Å². The first-order valence-electron chi connectivity index (χ1n) is 11.7. The SMILES string of the molecule is CC[C@@H](C)NC(=O)[C@@H](CC)N(Cc1ccc(C)cc1)C(=O)CN(c1ccc(C)cc1)S(C)(=O)=O. The minimum Gasteiger partial charge on any atom is -0.352 e. The molecule has 2 amide bonds. The Kier molecular flexibility index (Phi) is 9.67. The average molecular weight is 488 g/mol. The van der Waals surface area contributed by atoms with Gasteiger partial charge in [-0.15, -0.1) is 0 Å². The quantitative estimate of drug-likeness (QED) is 0.522. The Morgan fingerprint density at radius 2 is 1.44 bits per heavy atom. The highest BCUT2D eigenvalue weighted by molar-refractivity contribution is 7.92. The third kappa shape index (κ3) is 7.58. The van der Waals surface area contributed by atoms with Crippen LogP contribution in [0.5, 0.6) is 0 Å². The van der Waals surface area contributed by atoms with Crippen molar-refractivity contribution >= 4 is 27.5 Å². The van der Waals surface area contributed by atoms with Gasteiger partial charge in [0.15, 0.2) is 0 Å². The molecule has 0 aliphatic carbocycles. The molecule has 2 aromatic carbocycles. The third-order valence-electron chi connectivity index (χ3n) is 5.86. The minimum atomic E-state index is -3.73. The van der Waals surface area contributed by atoms with Crippen molar-refractivity contribution in [1.82, 2.24) is 10.2 Å². The predicted molar refractivity (Wildman–Crippen MR) is 137 cm³/mol. The van der Waals surface area contributed by atoms with Crippen LogP contribution in [0.3, 0.4) is 0 Å². The smallest absolute Gasteiger partial charge is 0.244 e. The van der Waals surface area contributed by atoms with E-state index >= 15 is 0 Å². The number of amides is 2. The number of hydrogen-bond acceptors (Lipinski definition) is 4. The normalized spacial score (nSPS) is 13.1. The van der Waals surface area contributed by atoms with Crippen LogP contribution >= 0.6 is 0 Å². The fraction of sp³-hybridized carbons (Fsp3) is 0.462. The second-order valence-corrected chi connectivity index (χ2v) is 10.8. The second kappa shape index (κ2) is 12.0. The van der Waals surface area contributed by atoms with Gasteiger partial charge in [0.2, 0.25) is 21.8 Å². The first kappa shape index (κ1) is 27.4. The molecule has 0 spiro atoms. The van der Waals surface area contributed by atoms with E-state index in [1.54, 1.807) is 24.3 Å². The van der Waals surface area contributed by atoms with E-state index in [9.17, 15) is 18.0 Å². The van der Waals surface area contributed by atoms with Gasteiger partial charge < -0.3 is 10.2 Å². The Labute approximate surface area is 204 Å². The zero-order valence-corrected chi connectivity index (χ0v) is 21.9. The molecule has 0 heterocycles. The van der Waals surface area contributed by atoms with Crippen molar-refractivity contribution in [3.8, 4) is 0 Å². The number of benzene rings is 2. The molecule has 0 saturated heterocycles. The van der Waals surface area contributed by atoms with Gasteiger partial charge in [-0.05, 0) is 51.3 Å². The predicted octanol–water partition coefficient (Wildman–Crippen LogP) is 3.79. The van der Waals surface area contributed by atoms with Gasteiger partial charge in [0.1, 0.15) is 12.6 Å². The maximum Gasteiger partial charge on any atom is 0.244 e. The molecule has 0 aliphatic rings. The average Bonchev–Trinajstić information content (AvgIpc) is 2.78. The summed E-state index contributed by atoms with van der Waals surface area (Å²) in [6.07, 6.45) is 2.25. The molecule has 186 valence electrons. The number of carbonyl (C=O) groups excluding carboxylic acids is 2. The molecule has 0 fully saturated rings. The van der Waals surface area contributed by atoms with Crippen LogP contribution in [0.1, 0.15) is 50.3 Å². The Bertz CT molecular complexity index is 1070. The Morgan fingerprint density at radius 3 is 1.91 bits per heavy atom. The number of nitrogens with one attached hydrogen (secondary N) is 1. The van der Waals surface area contributed by atoms with Gasteiger partial charge in [0.25, 0.3) is 0 Å². The largest absolute Gasteiger partial charge is 0.352 e. The first-order chi connectivity index (χ1) is 16.0. The van der Waals surface area contributed by atoms with E-state index in [0.717, 1.165) is 33.7 Å². The summed E-state index contributed by atoms with van der Waals surface area (Å²) in [5.74, 6) is -0.670. The number of anilines is 1. The highest BCUT2D eigenvalue weighted by Crippen LogP contribution is 2.20. The summed E-state index contributed by atoms with van der Waals surface area (Å²) in [5.41, 5.74) is 3.35. The summed E-state index contributed by atoms with van der Waals surface area (Å²) >= 11 is 0. The van der Waals surface area contributed by atoms with Crippen molar-refractivity contribution in [2.75, 3.05) is 17.1 Å². The van der Waals surface area contributed by atoms with Crippen LogP contribution in [0.2, 0.25) is 0 Å². The molecule has 0 aromatic heterocycles. The zero-order valence-electron chi connectivity index (χ0n) is 21.0. The molecule has 7 nitrogen and oxygen atoms in total. The summed E-state index contributed by atoms with van der Waals surface area (Å²) in [6.45, 7) is 9.45. The highest BCUT2D eigenvalue weighted by atomic mass is 32.2. The molecule has 2 atom stereocenters. The van der Waals surface area contributed by atoms with Gasteiger partial charge in [0, 0.05) is 12.6 Å². The van der Waals surface area contributed by atoms with Gasteiger partial charge >= 0.3 is 0 Å². The van der Waals surface area contributed by atoms with E-state index in [2.05, 4.69) is 5.32 Å². The molecule has 1 N–H and O–H groups in total. The first-order valence-corrected chi connectivity index (χ1v) is 13.5. The van der Waals surface area contributed by atoms with Gasteiger partial charge in [-0.25, -0.2) is 8.42 Å². The van der Waals surface area contributed by atoms with E-state index in [-0.39, 0.29) is 25.0 Å². The Balaban J connectivity index is 2.41. The van der Waals surface area contributed by atoms with Crippen LogP contribution in [0.4, 0.5) is 5.69 Å². The summed E-state index contributed by atoms with van der Waals surface area (Å²) < 4.78 is 26.3. The monoisotopic (exact) mass is 487 g/mol. The molecule has 0 unspecified atom stereocenters. The number of aryl methyl sites for hydroxylation is 2. The summed E-state index contributed by atoms with van der Waals surface area (Å²) in [7, 11) is -3.73. The lowest BCUT2D eigenvalue weighted by Gasteiger charge is -2.33. The lowest BCUT2D eigenvalue weighted by molar-refractivity contribution is -0.140. The number of hydrogen-bond donors (Lipinski definition) is 1. The van der Waals surface area contributed by atoms with Crippen LogP contribution < -0.4 is 9.62 Å². The topological polar surface area (TPSA) is 86.8 Å². The van der Waals surface area contributed by atoms with Crippen LogP contribution in [-0.2, 0) is 26.2 Å². The van der Waals surface area contributed by atoms with E-state index in [4.69, 9.17) is 0 Å². The molecular weight excluding hydrogens is 450 g/mol. The molecule has 2 rings (SSSR count). The molecule has 0 radical (unpaired) electrons. The number of nitrogens with zero attached hydrogens (tertiary/aromatic N) is 2. The van der Waals surface area contributed by atoms with Crippen molar-refractivity contribution in [3.63, 3.8) is 0 Å². The fourth-order valence-electron chi connectivity index (χ4n) is 3.58. The van der Waals surface area contributed by atoms with E-state index in [0.29, 0.717) is 12.1 Å². The summed E-state index contributed by atoms with van der Waals surface area (Å²) in [4.78, 5) is 28.2. The highest BCUT2D eigenvalue weighted by Gasteiger charge is 2.32. The van der Waals surface area contributed by atoms with Gasteiger partial charge in [-0.3, -0.25) is 13.9 Å². The van der Waals surface area contributed by atoms with Crippen LogP contribution in [-0.4, -0.2) is 50.0 Å². The Morgan fingerprint density at radius 1 is 0.912 bits per heavy atom. The van der Waals surface area contributed by atoms with Crippen molar-refractivity contribution in [2.24, 2.45) is 0 Å². The lowest BCUT2D eigenvalue weighted by Crippen LogP contribution is -2.53. The maximum absolute atomic E-state index is 13.6. The zero-order chi connectivity index (χ0) is 25.5. The molecule has 0 aliphatic heterocycles. The number of rotatable bonds is 11. The van der Waals surface area contributed by atoms with Gasteiger partial charge in [-0.2, -0.15) is 0 Å². The van der Waals surface area contributed by atoms with Crippen molar-refractivity contribution in [2.45, 2.75) is 66.1 Å². The van der Waals surface area contributed by atoms with Crippen molar-refractivity contribution in [1.29, 1.82) is 0 Å². The second-order valence-electron chi connectivity index (χ2n) is 8.85. The van der Waals surface area contributed by atoms with E-state index in [1.165, 1.54) is 4.90 Å². The molecule has 2 aromatic rings. The van der Waals surface area contributed by atoms with E-state index in [1.807, 2.05) is 58.9 Å². The standard InChI is InChI=1S/C26H37N3O4S/c1-7-21(5)27-26(31)24(8-2)28(17-22-13-9-19(3)10-14-22)25(30)18-29(34(6,32)33)23-15-11-20(4)12-16-23/h9-16,21,24H,7-8,17-18H2,1-6H3,(H,27,31)/t21-,24-/m1/s1. The minimum absolute atomic E-state index is 0.0297. The van der Waals surface area contributed by atoms with Crippen molar-refractivity contribution < 1.29 is 18.0 Å². The number of sulfonamides is 1. The Hall–Kier alpha value is -2.87. The van der Waals surface area contributed by atoms with Crippen molar-refractivity contribution in [3.05, 3.63) is 65.2 Å². The molecular formula is C26H37N3O4S. The molecule has 8 heteroatoms. The molecule has 0 saturated carbocycles. The van der Waals surface area contributed by atoms with Gasteiger partial charge in [-0.1, -0.05) is 61.4 Å². The third-order valence-corrected chi connectivity index (χ3v) is 7.00. The summed E-state index contributed by atoms with van der Waals surface area (Å²) in [6, 6.07) is 14.0. The van der Waals surface area contributed by atoms with E-state index < -0.39 is 22.0 Å². The van der Waals surface area contributed by atoms with Gasteiger partial charge in [0.05, 0.1) is 11.9 Å². The molecule has 0 bridgehead atoms. The van der Waals surface area contributed by atoms with Crippen LogP contribution in [0.15, 0.2) is 48.5 Å². The lowest BCUT2D eigenvalue weighted by atomic mass is 10.1. The summed E-state index contributed by atoms with van der Waals surface area (Å²) in [5, 5.41) is 2.97. The number of carbonyl (C=O) groups is 2. The maximum atomic E-state index is 13.6.